The summed E-state index contributed by atoms with van der Waals surface area (Å²) in [5.41, 5.74) is 1.83. The number of rotatable bonds is 4. The summed E-state index contributed by atoms with van der Waals surface area (Å²) in [5, 5.41) is 10.4. The molecular formula is C21H21ClN4OS2. The van der Waals surface area contributed by atoms with Gasteiger partial charge in [0, 0.05) is 29.3 Å². The molecule has 1 aliphatic heterocycles. The lowest BCUT2D eigenvalue weighted by Gasteiger charge is -2.22. The molecule has 0 N–H and O–H groups in total. The Balaban J connectivity index is 1.50. The molecule has 29 heavy (non-hydrogen) atoms. The van der Waals surface area contributed by atoms with Gasteiger partial charge in [-0.2, -0.15) is 0 Å². The Morgan fingerprint density at radius 3 is 2.79 bits per heavy atom. The van der Waals surface area contributed by atoms with Crippen LogP contribution in [0.4, 0.5) is 5.69 Å². The molecular weight excluding hydrogens is 424 g/mol. The monoisotopic (exact) mass is 444 g/mol. The van der Waals surface area contributed by atoms with Gasteiger partial charge in [0.2, 0.25) is 5.91 Å². The average molecular weight is 445 g/mol. The molecule has 4 rings (SSSR count). The highest BCUT2D eigenvalue weighted by Crippen LogP contribution is 2.37. The molecule has 3 aromatic rings. The molecule has 5 nitrogen and oxygen atoms in total. The largest absolute Gasteiger partial charge is 0.311 e. The lowest BCUT2D eigenvalue weighted by molar-refractivity contribution is -0.116. The molecule has 1 aliphatic rings. The summed E-state index contributed by atoms with van der Waals surface area (Å²) in [6.07, 6.45) is 0.969. The maximum Gasteiger partial charge on any atom is 0.237 e. The molecule has 1 amide bonds. The van der Waals surface area contributed by atoms with Crippen LogP contribution in [0.1, 0.15) is 13.3 Å². The Kier molecular flexibility index (Phi) is 6.18. The molecule has 2 heterocycles. The molecule has 1 unspecified atom stereocenters. The molecule has 0 saturated carbocycles. The molecule has 2 aromatic carbocycles. The molecule has 0 saturated heterocycles. The molecule has 0 bridgehead atoms. The van der Waals surface area contributed by atoms with Crippen LogP contribution in [0.2, 0.25) is 5.02 Å². The lowest BCUT2D eigenvalue weighted by atomic mass is 10.2. The quantitative estimate of drug-likeness (QED) is 0.521. The molecule has 0 aliphatic carbocycles. The van der Waals surface area contributed by atoms with Crippen molar-refractivity contribution in [3.63, 3.8) is 0 Å². The van der Waals surface area contributed by atoms with Crippen molar-refractivity contribution in [2.75, 3.05) is 17.2 Å². The summed E-state index contributed by atoms with van der Waals surface area (Å²) in [6.45, 7) is 2.94. The van der Waals surface area contributed by atoms with Gasteiger partial charge in [-0.1, -0.05) is 54.6 Å². The third-order valence-corrected chi connectivity index (χ3v) is 7.39. The normalized spacial score (nSPS) is 16.4. The number of hydrogen-bond donors (Lipinski definition) is 0. The highest BCUT2D eigenvalue weighted by atomic mass is 35.5. The van der Waals surface area contributed by atoms with Crippen LogP contribution in [0.5, 0.6) is 0 Å². The number of halogens is 1. The number of hydrogen-bond acceptors (Lipinski definition) is 5. The van der Waals surface area contributed by atoms with Crippen LogP contribution in [0, 0.1) is 0 Å². The van der Waals surface area contributed by atoms with Crippen LogP contribution in [-0.2, 0) is 11.8 Å². The summed E-state index contributed by atoms with van der Waals surface area (Å²) >= 11 is 9.53. The van der Waals surface area contributed by atoms with Crippen LogP contribution in [-0.4, -0.2) is 38.2 Å². The summed E-state index contributed by atoms with van der Waals surface area (Å²) in [5.74, 6) is 1.08. The van der Waals surface area contributed by atoms with Gasteiger partial charge in [0.1, 0.15) is 0 Å². The Bertz CT molecular complexity index is 1040. The fourth-order valence-electron chi connectivity index (χ4n) is 3.27. The van der Waals surface area contributed by atoms with Crippen LogP contribution in [0.25, 0.3) is 11.4 Å². The standard InChI is InChI=1S/C21H21ClN4OS2/c1-14-11-12-26(17-9-5-6-10-18(17)29-14)19(27)13-28-21-24-23-20(25(21)2)15-7-3-4-8-16(15)22/h3-10,14H,11-13H2,1-2H3. The zero-order chi connectivity index (χ0) is 20.4. The Hall–Kier alpha value is -1.96. The van der Waals surface area contributed by atoms with Gasteiger partial charge < -0.3 is 9.47 Å². The second-order valence-corrected chi connectivity index (χ2v) is 9.69. The van der Waals surface area contributed by atoms with Crippen molar-refractivity contribution in [1.82, 2.24) is 14.8 Å². The lowest BCUT2D eigenvalue weighted by Crippen LogP contribution is -2.33. The molecule has 0 spiro atoms. The van der Waals surface area contributed by atoms with Crippen molar-refractivity contribution in [2.45, 2.75) is 28.6 Å². The second kappa shape index (κ2) is 8.81. The number of carbonyl (C=O) groups excluding carboxylic acids is 1. The van der Waals surface area contributed by atoms with E-state index in [2.05, 4.69) is 23.2 Å². The van der Waals surface area contributed by atoms with Crippen molar-refractivity contribution in [3.05, 3.63) is 53.6 Å². The Morgan fingerprint density at radius 2 is 1.97 bits per heavy atom. The van der Waals surface area contributed by atoms with Gasteiger partial charge in [0.15, 0.2) is 11.0 Å². The first-order valence-electron chi connectivity index (χ1n) is 9.37. The van der Waals surface area contributed by atoms with Gasteiger partial charge in [-0.05, 0) is 30.7 Å². The maximum atomic E-state index is 13.1. The van der Waals surface area contributed by atoms with Gasteiger partial charge in [-0.15, -0.1) is 22.0 Å². The van der Waals surface area contributed by atoms with Crippen molar-refractivity contribution < 1.29 is 4.79 Å². The van der Waals surface area contributed by atoms with Crippen molar-refractivity contribution >= 4 is 46.7 Å². The van der Waals surface area contributed by atoms with Gasteiger partial charge >= 0.3 is 0 Å². The number of fused-ring (bicyclic) bond motifs is 1. The van der Waals surface area contributed by atoms with E-state index in [1.165, 1.54) is 11.8 Å². The first-order chi connectivity index (χ1) is 14.0. The highest BCUT2D eigenvalue weighted by molar-refractivity contribution is 8.00. The van der Waals surface area contributed by atoms with E-state index < -0.39 is 0 Å². The van der Waals surface area contributed by atoms with Gasteiger partial charge in [0.05, 0.1) is 16.5 Å². The fraction of sp³-hybridized carbons (Fsp3) is 0.286. The van der Waals surface area contributed by atoms with Crippen LogP contribution in [0.3, 0.4) is 0 Å². The number of amides is 1. The molecule has 8 heteroatoms. The average Bonchev–Trinajstić information content (AvgIpc) is 2.98. The van der Waals surface area contributed by atoms with Gasteiger partial charge in [-0.3, -0.25) is 4.79 Å². The van der Waals surface area contributed by atoms with E-state index in [0.29, 0.717) is 27.0 Å². The van der Waals surface area contributed by atoms with E-state index in [9.17, 15) is 4.79 Å². The minimum atomic E-state index is 0.0828. The zero-order valence-electron chi connectivity index (χ0n) is 16.2. The maximum absolute atomic E-state index is 13.1. The van der Waals surface area contributed by atoms with Gasteiger partial charge in [0.25, 0.3) is 0 Å². The second-order valence-electron chi connectivity index (χ2n) is 6.86. The van der Waals surface area contributed by atoms with Crippen LogP contribution < -0.4 is 4.90 Å². The Morgan fingerprint density at radius 1 is 1.21 bits per heavy atom. The molecule has 0 fully saturated rings. The first kappa shape index (κ1) is 20.3. The van der Waals surface area contributed by atoms with Gasteiger partial charge in [-0.25, -0.2) is 0 Å². The number of para-hydroxylation sites is 1. The number of anilines is 1. The van der Waals surface area contributed by atoms with Crippen LogP contribution >= 0.6 is 35.1 Å². The smallest absolute Gasteiger partial charge is 0.237 e. The molecule has 1 atom stereocenters. The summed E-state index contributed by atoms with van der Waals surface area (Å²) in [4.78, 5) is 16.1. The number of carbonyl (C=O) groups is 1. The van der Waals surface area contributed by atoms with E-state index in [-0.39, 0.29) is 5.91 Å². The Labute approximate surface area is 183 Å². The van der Waals surface area contributed by atoms with E-state index in [1.54, 1.807) is 0 Å². The molecule has 0 radical (unpaired) electrons. The minimum Gasteiger partial charge on any atom is -0.311 e. The first-order valence-corrected chi connectivity index (χ1v) is 11.6. The molecule has 150 valence electrons. The van der Waals surface area contributed by atoms with E-state index >= 15 is 0 Å². The summed E-state index contributed by atoms with van der Waals surface area (Å²) in [6, 6.07) is 15.7. The van der Waals surface area contributed by atoms with E-state index in [4.69, 9.17) is 11.6 Å². The van der Waals surface area contributed by atoms with Crippen LogP contribution in [0.15, 0.2) is 58.6 Å². The predicted molar refractivity (Wildman–Crippen MR) is 121 cm³/mol. The summed E-state index contributed by atoms with van der Waals surface area (Å²) < 4.78 is 1.88. The third kappa shape index (κ3) is 4.32. The molecule has 1 aromatic heterocycles. The third-order valence-electron chi connectivity index (χ3n) is 4.82. The van der Waals surface area contributed by atoms with E-state index in [1.807, 2.05) is 70.7 Å². The highest BCUT2D eigenvalue weighted by Gasteiger charge is 2.24. The number of thioether (sulfide) groups is 2. The van der Waals surface area contributed by atoms with Crippen molar-refractivity contribution in [2.24, 2.45) is 7.05 Å². The predicted octanol–water partition coefficient (Wildman–Crippen LogP) is 5.15. The number of benzene rings is 2. The zero-order valence-corrected chi connectivity index (χ0v) is 18.6. The fourth-order valence-corrected chi connectivity index (χ4v) is 5.39. The minimum absolute atomic E-state index is 0.0828. The number of aromatic nitrogens is 3. The number of nitrogens with zero attached hydrogens (tertiary/aromatic N) is 4. The van der Waals surface area contributed by atoms with E-state index in [0.717, 1.165) is 29.1 Å². The SMILES string of the molecule is CC1CCN(C(=O)CSc2nnc(-c3ccccc3Cl)n2C)c2ccccc2S1. The van der Waals surface area contributed by atoms with Crippen molar-refractivity contribution in [3.8, 4) is 11.4 Å². The topological polar surface area (TPSA) is 51.0 Å². The van der Waals surface area contributed by atoms with Crippen molar-refractivity contribution in [1.29, 1.82) is 0 Å². The summed E-state index contributed by atoms with van der Waals surface area (Å²) in [7, 11) is 1.89.